The van der Waals surface area contributed by atoms with Crippen molar-refractivity contribution in [1.29, 1.82) is 0 Å². The van der Waals surface area contributed by atoms with Crippen molar-refractivity contribution < 1.29 is 18.0 Å². The molecular formula is C30H34Cl3N3O4S. The number of nitrogens with one attached hydrogen (secondary N) is 1. The molecule has 3 aromatic carbocycles. The minimum atomic E-state index is -4.21. The highest BCUT2D eigenvalue weighted by Crippen LogP contribution is 2.31. The second kappa shape index (κ2) is 14.9. The Morgan fingerprint density at radius 3 is 2.15 bits per heavy atom. The summed E-state index contributed by atoms with van der Waals surface area (Å²) >= 11 is 18.4. The zero-order valence-corrected chi connectivity index (χ0v) is 26.3. The molecule has 1 atom stereocenters. The molecule has 11 heteroatoms. The Balaban J connectivity index is 2.05. The standard InChI is InChI=1S/C30H34Cl3N3O4S/c1-4-6-17-34-30(38)28(5-2)35(19-22-9-11-23(31)12-10-22)29(37)20-36(24-13-16-26(32)27(33)18-24)41(39,40)25-14-7-21(3)8-15-25/h7-16,18,28H,4-6,17,19-20H2,1-3H3,(H,34,38). The first kappa shape index (κ1) is 32.7. The number of anilines is 1. The predicted molar refractivity (Wildman–Crippen MR) is 166 cm³/mol. The van der Waals surface area contributed by atoms with Crippen molar-refractivity contribution in [2.24, 2.45) is 0 Å². The van der Waals surface area contributed by atoms with Gasteiger partial charge in [-0.3, -0.25) is 13.9 Å². The molecule has 0 saturated heterocycles. The number of hydrogen-bond donors (Lipinski definition) is 1. The third-order valence-electron chi connectivity index (χ3n) is 6.56. The minimum Gasteiger partial charge on any atom is -0.354 e. The van der Waals surface area contributed by atoms with Crippen LogP contribution in [-0.2, 0) is 26.2 Å². The lowest BCUT2D eigenvalue weighted by Gasteiger charge is -2.33. The molecular weight excluding hydrogens is 605 g/mol. The maximum atomic E-state index is 14.1. The van der Waals surface area contributed by atoms with Gasteiger partial charge in [-0.05, 0) is 67.8 Å². The van der Waals surface area contributed by atoms with Gasteiger partial charge in [-0.2, -0.15) is 0 Å². The predicted octanol–water partition coefficient (Wildman–Crippen LogP) is 6.87. The molecule has 0 aliphatic heterocycles. The van der Waals surface area contributed by atoms with E-state index in [0.717, 1.165) is 28.3 Å². The van der Waals surface area contributed by atoms with Gasteiger partial charge in [0.2, 0.25) is 11.8 Å². The van der Waals surface area contributed by atoms with Crippen LogP contribution < -0.4 is 9.62 Å². The SMILES string of the molecule is CCCCNC(=O)C(CC)N(Cc1ccc(Cl)cc1)C(=O)CN(c1ccc(Cl)c(Cl)c1)S(=O)(=O)c1ccc(C)cc1. The second-order valence-electron chi connectivity index (χ2n) is 9.64. The van der Waals surface area contributed by atoms with Crippen molar-refractivity contribution in [3.8, 4) is 0 Å². The molecule has 7 nitrogen and oxygen atoms in total. The van der Waals surface area contributed by atoms with Gasteiger partial charge in [0.15, 0.2) is 0 Å². The molecule has 1 unspecified atom stereocenters. The summed E-state index contributed by atoms with van der Waals surface area (Å²) in [4.78, 5) is 28.7. The summed E-state index contributed by atoms with van der Waals surface area (Å²) in [5.74, 6) is -0.857. The number of rotatable bonds is 13. The van der Waals surface area contributed by atoms with E-state index in [-0.39, 0.29) is 33.1 Å². The van der Waals surface area contributed by atoms with Crippen LogP contribution in [0.1, 0.15) is 44.2 Å². The minimum absolute atomic E-state index is 0.00979. The van der Waals surface area contributed by atoms with Crippen LogP contribution in [0.15, 0.2) is 71.6 Å². The van der Waals surface area contributed by atoms with E-state index in [2.05, 4.69) is 5.32 Å². The van der Waals surface area contributed by atoms with E-state index in [1.54, 1.807) is 36.4 Å². The molecule has 2 amide bonds. The van der Waals surface area contributed by atoms with E-state index in [1.165, 1.54) is 35.2 Å². The number of hydrogen-bond acceptors (Lipinski definition) is 4. The van der Waals surface area contributed by atoms with Gasteiger partial charge in [-0.15, -0.1) is 0 Å². The fraction of sp³-hybridized carbons (Fsp3) is 0.333. The Morgan fingerprint density at radius 2 is 1.56 bits per heavy atom. The fourth-order valence-electron chi connectivity index (χ4n) is 4.22. The van der Waals surface area contributed by atoms with Crippen molar-refractivity contribution in [2.75, 3.05) is 17.4 Å². The Bertz CT molecular complexity index is 1450. The maximum absolute atomic E-state index is 14.1. The number of sulfonamides is 1. The van der Waals surface area contributed by atoms with Crippen molar-refractivity contribution in [3.05, 3.63) is 92.9 Å². The monoisotopic (exact) mass is 637 g/mol. The molecule has 0 aliphatic carbocycles. The summed E-state index contributed by atoms with van der Waals surface area (Å²) in [6.45, 7) is 5.67. The summed E-state index contributed by atoms with van der Waals surface area (Å²) < 4.78 is 28.9. The van der Waals surface area contributed by atoms with Gasteiger partial charge >= 0.3 is 0 Å². The highest BCUT2D eigenvalue weighted by atomic mass is 35.5. The van der Waals surface area contributed by atoms with E-state index in [1.807, 2.05) is 20.8 Å². The van der Waals surface area contributed by atoms with Crippen molar-refractivity contribution >= 4 is 62.3 Å². The van der Waals surface area contributed by atoms with Gasteiger partial charge in [0, 0.05) is 18.1 Å². The normalized spacial score (nSPS) is 12.0. The van der Waals surface area contributed by atoms with Gasteiger partial charge in [0.25, 0.3) is 10.0 Å². The first-order chi connectivity index (χ1) is 19.5. The number of aryl methyl sites for hydroxylation is 1. The lowest BCUT2D eigenvalue weighted by Crippen LogP contribution is -2.52. The summed E-state index contributed by atoms with van der Waals surface area (Å²) in [5.41, 5.74) is 1.79. The fourth-order valence-corrected chi connectivity index (χ4v) is 6.04. The number of nitrogens with zero attached hydrogens (tertiary/aromatic N) is 2. The average molecular weight is 639 g/mol. The molecule has 0 fully saturated rings. The van der Waals surface area contributed by atoms with E-state index < -0.39 is 28.5 Å². The van der Waals surface area contributed by atoms with Gasteiger partial charge < -0.3 is 10.2 Å². The van der Waals surface area contributed by atoms with Crippen LogP contribution in [-0.4, -0.2) is 44.3 Å². The highest BCUT2D eigenvalue weighted by Gasteiger charge is 2.33. The Hall–Kier alpha value is -2.78. The van der Waals surface area contributed by atoms with Crippen molar-refractivity contribution in [3.63, 3.8) is 0 Å². The van der Waals surface area contributed by atoms with Gasteiger partial charge in [-0.1, -0.05) is 84.9 Å². The highest BCUT2D eigenvalue weighted by molar-refractivity contribution is 7.92. The number of carbonyl (C=O) groups excluding carboxylic acids is 2. The molecule has 0 aromatic heterocycles. The average Bonchev–Trinajstić information content (AvgIpc) is 2.94. The van der Waals surface area contributed by atoms with Crippen LogP contribution in [0.3, 0.4) is 0 Å². The molecule has 220 valence electrons. The van der Waals surface area contributed by atoms with Crippen LogP contribution in [0.25, 0.3) is 0 Å². The zero-order valence-electron chi connectivity index (χ0n) is 23.2. The first-order valence-corrected chi connectivity index (χ1v) is 15.9. The molecule has 1 N–H and O–H groups in total. The molecule has 3 aromatic rings. The van der Waals surface area contributed by atoms with Crippen LogP contribution in [0.4, 0.5) is 5.69 Å². The lowest BCUT2D eigenvalue weighted by molar-refractivity contribution is -0.140. The number of unbranched alkanes of at least 4 members (excludes halogenated alkanes) is 1. The van der Waals surface area contributed by atoms with E-state index in [4.69, 9.17) is 34.8 Å². The number of benzene rings is 3. The van der Waals surface area contributed by atoms with E-state index in [9.17, 15) is 18.0 Å². The van der Waals surface area contributed by atoms with Crippen LogP contribution in [0.2, 0.25) is 15.1 Å². The summed E-state index contributed by atoms with van der Waals surface area (Å²) in [7, 11) is -4.21. The molecule has 0 bridgehead atoms. The van der Waals surface area contributed by atoms with Crippen molar-refractivity contribution in [1.82, 2.24) is 10.2 Å². The van der Waals surface area contributed by atoms with Crippen LogP contribution >= 0.6 is 34.8 Å². The van der Waals surface area contributed by atoms with Crippen molar-refractivity contribution in [2.45, 2.75) is 57.5 Å². The zero-order chi connectivity index (χ0) is 30.2. The van der Waals surface area contributed by atoms with Gasteiger partial charge in [0.05, 0.1) is 20.6 Å². The number of halogens is 3. The number of carbonyl (C=O) groups is 2. The largest absolute Gasteiger partial charge is 0.354 e. The Labute approximate surface area is 257 Å². The summed E-state index contributed by atoms with van der Waals surface area (Å²) in [6.07, 6.45) is 2.03. The third kappa shape index (κ3) is 8.61. The van der Waals surface area contributed by atoms with E-state index >= 15 is 0 Å². The second-order valence-corrected chi connectivity index (χ2v) is 12.8. The maximum Gasteiger partial charge on any atom is 0.264 e. The third-order valence-corrected chi connectivity index (χ3v) is 9.34. The van der Waals surface area contributed by atoms with E-state index in [0.29, 0.717) is 18.0 Å². The molecule has 0 aliphatic rings. The molecule has 41 heavy (non-hydrogen) atoms. The first-order valence-electron chi connectivity index (χ1n) is 13.3. The van der Waals surface area contributed by atoms with Gasteiger partial charge in [0.1, 0.15) is 12.6 Å². The van der Waals surface area contributed by atoms with Crippen LogP contribution in [0, 0.1) is 6.92 Å². The summed E-state index contributed by atoms with van der Waals surface area (Å²) in [6, 6.07) is 16.8. The lowest BCUT2D eigenvalue weighted by atomic mass is 10.1. The quantitative estimate of drug-likeness (QED) is 0.207. The number of amides is 2. The Kier molecular flexibility index (Phi) is 11.9. The molecule has 0 heterocycles. The molecule has 0 radical (unpaired) electrons. The van der Waals surface area contributed by atoms with Crippen LogP contribution in [0.5, 0.6) is 0 Å². The smallest absolute Gasteiger partial charge is 0.264 e. The summed E-state index contributed by atoms with van der Waals surface area (Å²) in [5, 5.41) is 3.82. The molecule has 0 spiro atoms. The molecule has 3 rings (SSSR count). The van der Waals surface area contributed by atoms with Gasteiger partial charge in [-0.25, -0.2) is 8.42 Å². The molecule has 0 saturated carbocycles. The topological polar surface area (TPSA) is 86.8 Å². The Morgan fingerprint density at radius 1 is 0.902 bits per heavy atom.